The molecular formula is C29H22Cl2N6O. The topological polar surface area (TPSA) is 119 Å². The number of aldehydes is 1. The van der Waals surface area contributed by atoms with Gasteiger partial charge in [0.1, 0.15) is 0 Å². The Hall–Kier alpha value is -4.59. The molecule has 0 bridgehead atoms. The molecule has 0 atom stereocenters. The van der Waals surface area contributed by atoms with E-state index >= 15 is 0 Å². The molecule has 188 valence electrons. The molecule has 0 fully saturated rings. The first-order valence-corrected chi connectivity index (χ1v) is 12.3. The van der Waals surface area contributed by atoms with E-state index in [1.807, 2.05) is 24.3 Å². The summed E-state index contributed by atoms with van der Waals surface area (Å²) >= 11 is 12.8. The Balaban J connectivity index is 1.72. The average molecular weight is 541 g/mol. The minimum Gasteiger partial charge on any atom is -0.396 e. The van der Waals surface area contributed by atoms with Gasteiger partial charge in [-0.25, -0.2) is 9.97 Å². The highest BCUT2D eigenvalue weighted by Gasteiger charge is 2.19. The van der Waals surface area contributed by atoms with E-state index in [0.717, 1.165) is 23.0 Å². The van der Waals surface area contributed by atoms with Gasteiger partial charge in [-0.2, -0.15) is 0 Å². The summed E-state index contributed by atoms with van der Waals surface area (Å²) in [6.07, 6.45) is 4.12. The highest BCUT2D eigenvalue weighted by molar-refractivity contribution is 6.31. The Morgan fingerprint density at radius 1 is 0.658 bits per heavy atom. The van der Waals surface area contributed by atoms with Crippen LogP contribution in [0.4, 0.5) is 34.4 Å². The minimum absolute atomic E-state index is 0.472. The van der Waals surface area contributed by atoms with E-state index in [4.69, 9.17) is 34.7 Å². The van der Waals surface area contributed by atoms with Crippen LogP contribution in [0.1, 0.15) is 10.4 Å². The van der Waals surface area contributed by atoms with Gasteiger partial charge in [0.2, 0.25) is 0 Å². The van der Waals surface area contributed by atoms with Gasteiger partial charge in [-0.1, -0.05) is 53.5 Å². The van der Waals surface area contributed by atoms with Crippen LogP contribution in [0, 0.1) is 0 Å². The number of nitrogens with one attached hydrogen (secondary N) is 2. The fourth-order valence-corrected chi connectivity index (χ4v) is 4.53. The molecule has 0 aliphatic carbocycles. The second-order valence-electron chi connectivity index (χ2n) is 8.40. The molecule has 0 saturated heterocycles. The highest BCUT2D eigenvalue weighted by atomic mass is 35.5. The van der Waals surface area contributed by atoms with E-state index in [-0.39, 0.29) is 0 Å². The van der Waals surface area contributed by atoms with Gasteiger partial charge in [-0.3, -0.25) is 4.79 Å². The molecule has 5 aromatic rings. The molecule has 0 aliphatic rings. The van der Waals surface area contributed by atoms with Crippen LogP contribution in [0.3, 0.4) is 0 Å². The summed E-state index contributed by atoms with van der Waals surface area (Å²) in [6, 6.07) is 23.4. The number of halogens is 2. The van der Waals surface area contributed by atoms with Crippen molar-refractivity contribution in [2.45, 2.75) is 0 Å². The molecule has 5 rings (SSSR count). The monoisotopic (exact) mass is 540 g/mol. The first-order chi connectivity index (χ1) is 18.4. The summed E-state index contributed by atoms with van der Waals surface area (Å²) < 4.78 is 0. The number of rotatable bonds is 7. The number of carbonyl (C=O) groups excluding carboxylic acids is 1. The number of anilines is 6. The standard InChI is InChI=1S/C29H22Cl2N6O/c30-18-8-10-20(25(14-18)36-28-23(32)6-2-12-34-28)21-5-1-4-17(16-38)27(21)22-11-9-19(31)15-26(22)37-29-24(33)7-3-13-35-29/h1-16H,32-33H2,(H,34,36)(H,35,37). The third kappa shape index (κ3) is 5.11. The lowest BCUT2D eigenvalue weighted by Gasteiger charge is -2.20. The Labute approximate surface area is 229 Å². The van der Waals surface area contributed by atoms with Gasteiger partial charge in [-0.05, 0) is 54.1 Å². The average Bonchev–Trinajstić information content (AvgIpc) is 2.91. The van der Waals surface area contributed by atoms with E-state index in [1.165, 1.54) is 0 Å². The van der Waals surface area contributed by atoms with Crippen molar-refractivity contribution < 1.29 is 4.79 Å². The van der Waals surface area contributed by atoms with E-state index in [2.05, 4.69) is 20.6 Å². The van der Waals surface area contributed by atoms with Crippen molar-refractivity contribution in [3.05, 3.63) is 107 Å². The second-order valence-corrected chi connectivity index (χ2v) is 9.27. The van der Waals surface area contributed by atoms with E-state index in [0.29, 0.717) is 55.6 Å². The normalized spacial score (nSPS) is 10.7. The molecular weight excluding hydrogens is 519 g/mol. The summed E-state index contributed by atoms with van der Waals surface area (Å²) in [5.41, 5.74) is 18.0. The Bertz CT molecular complexity index is 1660. The number of pyridine rings is 2. The zero-order valence-corrected chi connectivity index (χ0v) is 21.5. The third-order valence-electron chi connectivity index (χ3n) is 5.93. The van der Waals surface area contributed by atoms with Crippen molar-refractivity contribution in [1.29, 1.82) is 0 Å². The molecule has 6 N–H and O–H groups in total. The van der Waals surface area contributed by atoms with Gasteiger partial charge < -0.3 is 22.1 Å². The number of carbonyl (C=O) groups is 1. The molecule has 3 aromatic carbocycles. The fraction of sp³-hybridized carbons (Fsp3) is 0. The van der Waals surface area contributed by atoms with Crippen LogP contribution in [-0.4, -0.2) is 16.3 Å². The molecule has 7 nitrogen and oxygen atoms in total. The predicted octanol–water partition coefficient (Wildman–Crippen LogP) is 7.58. The van der Waals surface area contributed by atoms with Crippen molar-refractivity contribution in [3.8, 4) is 22.3 Å². The van der Waals surface area contributed by atoms with Crippen LogP contribution in [0.15, 0.2) is 91.3 Å². The van der Waals surface area contributed by atoms with Gasteiger partial charge in [-0.15, -0.1) is 0 Å². The van der Waals surface area contributed by atoms with Gasteiger partial charge in [0.05, 0.1) is 11.4 Å². The van der Waals surface area contributed by atoms with E-state index in [1.54, 1.807) is 67.0 Å². The van der Waals surface area contributed by atoms with Gasteiger partial charge in [0, 0.05) is 56.1 Å². The van der Waals surface area contributed by atoms with Crippen LogP contribution >= 0.6 is 23.2 Å². The fourth-order valence-electron chi connectivity index (χ4n) is 4.19. The lowest BCUT2D eigenvalue weighted by Crippen LogP contribution is -2.03. The van der Waals surface area contributed by atoms with E-state index in [9.17, 15) is 4.79 Å². The quantitative estimate of drug-likeness (QED) is 0.157. The van der Waals surface area contributed by atoms with Crippen LogP contribution in [0.5, 0.6) is 0 Å². The maximum absolute atomic E-state index is 12.3. The lowest BCUT2D eigenvalue weighted by molar-refractivity contribution is 0.112. The van der Waals surface area contributed by atoms with Crippen molar-refractivity contribution in [1.82, 2.24) is 9.97 Å². The first kappa shape index (κ1) is 25.1. The molecule has 9 heteroatoms. The minimum atomic E-state index is 0.472. The van der Waals surface area contributed by atoms with Crippen molar-refractivity contribution >= 4 is 63.9 Å². The van der Waals surface area contributed by atoms with Gasteiger partial charge in [0.25, 0.3) is 0 Å². The predicted molar refractivity (Wildman–Crippen MR) is 157 cm³/mol. The first-order valence-electron chi connectivity index (χ1n) is 11.6. The third-order valence-corrected chi connectivity index (χ3v) is 6.40. The summed E-state index contributed by atoms with van der Waals surface area (Å²) in [5, 5.41) is 7.61. The smallest absolute Gasteiger partial charge is 0.153 e. The van der Waals surface area contributed by atoms with Crippen LogP contribution < -0.4 is 22.1 Å². The van der Waals surface area contributed by atoms with Gasteiger partial charge >= 0.3 is 0 Å². The number of nitrogen functional groups attached to an aromatic ring is 2. The SMILES string of the molecule is Nc1cccnc1Nc1cc(Cl)ccc1-c1cccc(C=O)c1-c1ccc(Cl)cc1Nc1ncccc1N. The van der Waals surface area contributed by atoms with Crippen molar-refractivity contribution in [2.24, 2.45) is 0 Å². The molecule has 0 saturated carbocycles. The van der Waals surface area contributed by atoms with Gasteiger partial charge in [0.15, 0.2) is 17.9 Å². The Morgan fingerprint density at radius 2 is 1.21 bits per heavy atom. The number of hydrogen-bond donors (Lipinski definition) is 4. The molecule has 2 aromatic heterocycles. The summed E-state index contributed by atoms with van der Waals surface area (Å²) in [5.74, 6) is 0.962. The zero-order valence-electron chi connectivity index (χ0n) is 20.0. The van der Waals surface area contributed by atoms with Crippen LogP contribution in [-0.2, 0) is 0 Å². The number of benzene rings is 3. The molecule has 2 heterocycles. The maximum Gasteiger partial charge on any atom is 0.153 e. The summed E-state index contributed by atoms with van der Waals surface area (Å²) in [4.78, 5) is 21.0. The van der Waals surface area contributed by atoms with Crippen molar-refractivity contribution in [2.75, 3.05) is 22.1 Å². The maximum atomic E-state index is 12.3. The number of nitrogens with zero attached hydrogens (tertiary/aromatic N) is 2. The molecule has 0 amide bonds. The largest absolute Gasteiger partial charge is 0.396 e. The number of aromatic nitrogens is 2. The number of nitrogens with two attached hydrogens (primary N) is 2. The zero-order chi connectivity index (χ0) is 26.6. The highest BCUT2D eigenvalue weighted by Crippen LogP contribution is 2.43. The number of hydrogen-bond acceptors (Lipinski definition) is 7. The second kappa shape index (κ2) is 10.8. The Kier molecular flexibility index (Phi) is 7.13. The summed E-state index contributed by atoms with van der Waals surface area (Å²) in [6.45, 7) is 0. The molecule has 38 heavy (non-hydrogen) atoms. The van der Waals surface area contributed by atoms with Crippen LogP contribution in [0.25, 0.3) is 22.3 Å². The molecule has 0 spiro atoms. The molecule has 0 unspecified atom stereocenters. The van der Waals surface area contributed by atoms with E-state index < -0.39 is 0 Å². The summed E-state index contributed by atoms with van der Waals surface area (Å²) in [7, 11) is 0. The van der Waals surface area contributed by atoms with Crippen LogP contribution in [0.2, 0.25) is 10.0 Å². The molecule has 0 aliphatic heterocycles. The molecule has 0 radical (unpaired) electrons. The lowest BCUT2D eigenvalue weighted by atomic mass is 9.89. The van der Waals surface area contributed by atoms with Crippen molar-refractivity contribution in [3.63, 3.8) is 0 Å². The Morgan fingerprint density at radius 3 is 1.76 bits per heavy atom.